The molecule has 8 heteroatoms. The third-order valence-corrected chi connectivity index (χ3v) is 5.16. The molecule has 0 spiro atoms. The van der Waals surface area contributed by atoms with Crippen LogP contribution in [0.4, 0.5) is 5.69 Å². The summed E-state index contributed by atoms with van der Waals surface area (Å²) < 4.78 is 10.5. The number of anilines is 1. The van der Waals surface area contributed by atoms with Gasteiger partial charge in [-0.05, 0) is 29.7 Å². The first-order valence-corrected chi connectivity index (χ1v) is 10.0. The van der Waals surface area contributed by atoms with Gasteiger partial charge in [-0.25, -0.2) is 4.98 Å². The predicted octanol–water partition coefficient (Wildman–Crippen LogP) is 3.30. The van der Waals surface area contributed by atoms with Crippen LogP contribution in [0.5, 0.6) is 11.6 Å². The van der Waals surface area contributed by atoms with Gasteiger partial charge in [-0.3, -0.25) is 9.97 Å². The van der Waals surface area contributed by atoms with Crippen molar-refractivity contribution in [2.24, 2.45) is 0 Å². The van der Waals surface area contributed by atoms with Gasteiger partial charge < -0.3 is 24.9 Å². The molecule has 0 aliphatic rings. The zero-order chi connectivity index (χ0) is 21.6. The van der Waals surface area contributed by atoms with Crippen molar-refractivity contribution in [3.05, 3.63) is 72.1 Å². The highest BCUT2D eigenvalue weighted by Gasteiger charge is 2.18. The predicted molar refractivity (Wildman–Crippen MR) is 119 cm³/mol. The van der Waals surface area contributed by atoms with Gasteiger partial charge in [0.1, 0.15) is 5.75 Å². The van der Waals surface area contributed by atoms with Gasteiger partial charge >= 0.3 is 0 Å². The van der Waals surface area contributed by atoms with E-state index in [1.165, 1.54) is 0 Å². The Balaban J connectivity index is 1.68. The number of aliphatic hydroxyl groups is 1. The molecular formula is C23H25N5O3. The summed E-state index contributed by atoms with van der Waals surface area (Å²) in [6.45, 7) is 0.125. The van der Waals surface area contributed by atoms with E-state index in [4.69, 9.17) is 9.47 Å². The third-order valence-electron chi connectivity index (χ3n) is 5.16. The average Bonchev–Trinajstić information content (AvgIpc) is 3.21. The molecule has 1 unspecified atom stereocenters. The maximum atomic E-state index is 9.30. The number of benzene rings is 1. The molecule has 160 valence electrons. The number of rotatable bonds is 9. The summed E-state index contributed by atoms with van der Waals surface area (Å²) in [5.74, 6) is 1.14. The highest BCUT2D eigenvalue weighted by Crippen LogP contribution is 2.28. The van der Waals surface area contributed by atoms with E-state index in [1.54, 1.807) is 39.0 Å². The number of hydrogen-bond acceptors (Lipinski definition) is 7. The molecule has 0 amide bonds. The number of methoxy groups -OCH3 is 2. The van der Waals surface area contributed by atoms with Gasteiger partial charge in [0.2, 0.25) is 5.88 Å². The quantitative estimate of drug-likeness (QED) is 0.382. The molecule has 4 rings (SSSR count). The molecule has 0 saturated carbocycles. The largest absolute Gasteiger partial charge is 0.495 e. The van der Waals surface area contributed by atoms with Crippen LogP contribution in [-0.2, 0) is 12.8 Å². The number of aromatic amines is 1. The van der Waals surface area contributed by atoms with Crippen molar-refractivity contribution >= 4 is 16.6 Å². The number of pyridine rings is 1. The second kappa shape index (κ2) is 9.44. The molecule has 1 aromatic carbocycles. The van der Waals surface area contributed by atoms with Gasteiger partial charge in [0.15, 0.2) is 0 Å². The lowest BCUT2D eigenvalue weighted by atomic mass is 10.0. The Morgan fingerprint density at radius 2 is 1.97 bits per heavy atom. The number of ether oxygens (including phenoxy) is 2. The summed E-state index contributed by atoms with van der Waals surface area (Å²) >= 11 is 0. The van der Waals surface area contributed by atoms with Crippen LogP contribution < -0.4 is 14.8 Å². The lowest BCUT2D eigenvalue weighted by molar-refractivity contribution is 0.299. The molecule has 0 bridgehead atoms. The molecular weight excluding hydrogens is 394 g/mol. The summed E-state index contributed by atoms with van der Waals surface area (Å²) in [5, 5.41) is 13.9. The summed E-state index contributed by atoms with van der Waals surface area (Å²) in [4.78, 5) is 16.4. The topological polar surface area (TPSA) is 105 Å². The molecule has 4 aromatic rings. The second-order valence-electron chi connectivity index (χ2n) is 7.17. The van der Waals surface area contributed by atoms with Crippen molar-refractivity contribution in [3.8, 4) is 11.6 Å². The van der Waals surface area contributed by atoms with Crippen molar-refractivity contribution in [2.75, 3.05) is 26.1 Å². The van der Waals surface area contributed by atoms with E-state index < -0.39 is 0 Å². The molecule has 3 aromatic heterocycles. The Labute approximate surface area is 180 Å². The van der Waals surface area contributed by atoms with E-state index in [0.29, 0.717) is 24.5 Å². The molecule has 0 radical (unpaired) electrons. The third kappa shape index (κ3) is 4.75. The average molecular weight is 419 g/mol. The second-order valence-corrected chi connectivity index (χ2v) is 7.17. The highest BCUT2D eigenvalue weighted by atomic mass is 16.5. The van der Waals surface area contributed by atoms with Crippen LogP contribution in [-0.4, -0.2) is 45.9 Å². The summed E-state index contributed by atoms with van der Waals surface area (Å²) in [7, 11) is 3.18. The van der Waals surface area contributed by atoms with Crippen LogP contribution in [0.15, 0.2) is 55.2 Å². The Morgan fingerprint density at radius 1 is 1.06 bits per heavy atom. The molecule has 0 aliphatic heterocycles. The monoisotopic (exact) mass is 419 g/mol. The van der Waals surface area contributed by atoms with Crippen LogP contribution in [0.1, 0.15) is 22.9 Å². The standard InChI is InChI=1S/C23H25N5O3/c1-30-18-9-17(11-24-12-18)28-21(22-13-27-23(31-2)14-26-22)8-16-10-25-20-4-3-15(5-6-29)7-19(16)20/h3-4,7,9-14,21,25,28-29H,5-6,8H2,1-2H3. The lowest BCUT2D eigenvalue weighted by Gasteiger charge is -2.19. The molecule has 0 fully saturated rings. The lowest BCUT2D eigenvalue weighted by Crippen LogP contribution is -2.16. The molecule has 0 saturated heterocycles. The van der Waals surface area contributed by atoms with Crippen molar-refractivity contribution in [1.29, 1.82) is 0 Å². The number of nitrogens with zero attached hydrogens (tertiary/aromatic N) is 3. The zero-order valence-corrected chi connectivity index (χ0v) is 17.5. The zero-order valence-electron chi connectivity index (χ0n) is 17.5. The first-order chi connectivity index (χ1) is 15.2. The number of hydrogen-bond donors (Lipinski definition) is 3. The molecule has 31 heavy (non-hydrogen) atoms. The number of fused-ring (bicyclic) bond motifs is 1. The molecule has 3 heterocycles. The number of aromatic nitrogens is 4. The smallest absolute Gasteiger partial charge is 0.231 e. The van der Waals surface area contributed by atoms with Crippen molar-refractivity contribution in [1.82, 2.24) is 19.9 Å². The number of aliphatic hydroxyl groups excluding tert-OH is 1. The minimum atomic E-state index is -0.159. The van der Waals surface area contributed by atoms with Crippen molar-refractivity contribution in [3.63, 3.8) is 0 Å². The molecule has 0 aliphatic carbocycles. The van der Waals surface area contributed by atoms with Gasteiger partial charge in [-0.2, -0.15) is 0 Å². The number of H-pyrrole nitrogens is 1. The van der Waals surface area contributed by atoms with E-state index in [1.807, 2.05) is 24.4 Å². The van der Waals surface area contributed by atoms with E-state index in [9.17, 15) is 5.11 Å². The minimum Gasteiger partial charge on any atom is -0.495 e. The highest BCUT2D eigenvalue weighted by molar-refractivity contribution is 5.84. The fourth-order valence-electron chi connectivity index (χ4n) is 3.55. The fourth-order valence-corrected chi connectivity index (χ4v) is 3.55. The maximum Gasteiger partial charge on any atom is 0.231 e. The Kier molecular flexibility index (Phi) is 6.28. The van der Waals surface area contributed by atoms with Crippen molar-refractivity contribution in [2.45, 2.75) is 18.9 Å². The maximum absolute atomic E-state index is 9.30. The Morgan fingerprint density at radius 3 is 2.71 bits per heavy atom. The van der Waals surface area contributed by atoms with Crippen LogP contribution in [0.25, 0.3) is 10.9 Å². The van der Waals surface area contributed by atoms with Crippen LogP contribution in [0, 0.1) is 0 Å². The summed E-state index contributed by atoms with van der Waals surface area (Å²) in [6, 6.07) is 7.94. The summed E-state index contributed by atoms with van der Waals surface area (Å²) in [6.07, 6.45) is 10.1. The van der Waals surface area contributed by atoms with Gasteiger partial charge in [0.05, 0.1) is 56.4 Å². The Bertz CT molecular complexity index is 1140. The SMILES string of the molecule is COc1cncc(NC(Cc2c[nH]c3ccc(CCO)cc23)c2cnc(OC)cn2)c1. The van der Waals surface area contributed by atoms with E-state index in [0.717, 1.165) is 33.4 Å². The Hall–Kier alpha value is -3.65. The van der Waals surface area contributed by atoms with Crippen LogP contribution >= 0.6 is 0 Å². The van der Waals surface area contributed by atoms with Gasteiger partial charge in [-0.1, -0.05) is 6.07 Å². The fraction of sp³-hybridized carbons (Fsp3) is 0.261. The number of nitrogens with one attached hydrogen (secondary N) is 2. The van der Waals surface area contributed by atoms with Gasteiger partial charge in [-0.15, -0.1) is 0 Å². The normalized spacial score (nSPS) is 12.0. The molecule has 3 N–H and O–H groups in total. The van der Waals surface area contributed by atoms with E-state index in [-0.39, 0.29) is 12.6 Å². The molecule has 1 atom stereocenters. The minimum absolute atomic E-state index is 0.125. The summed E-state index contributed by atoms with van der Waals surface area (Å²) in [5.41, 5.74) is 4.90. The molecule has 8 nitrogen and oxygen atoms in total. The van der Waals surface area contributed by atoms with Crippen LogP contribution in [0.2, 0.25) is 0 Å². The van der Waals surface area contributed by atoms with Gasteiger partial charge in [0, 0.05) is 36.2 Å². The first-order valence-electron chi connectivity index (χ1n) is 10.0. The first kappa shape index (κ1) is 20.6. The van der Waals surface area contributed by atoms with E-state index >= 15 is 0 Å². The van der Waals surface area contributed by atoms with Crippen molar-refractivity contribution < 1.29 is 14.6 Å². The van der Waals surface area contributed by atoms with Crippen LogP contribution in [0.3, 0.4) is 0 Å². The van der Waals surface area contributed by atoms with Gasteiger partial charge in [0.25, 0.3) is 0 Å². The van der Waals surface area contributed by atoms with E-state index in [2.05, 4.69) is 31.3 Å².